The average Bonchev–Trinajstić information content (AvgIpc) is 2.41. The second-order valence-electron chi connectivity index (χ2n) is 3.88. The highest BCUT2D eigenvalue weighted by Crippen LogP contribution is 2.33. The van der Waals surface area contributed by atoms with Crippen LogP contribution in [0.1, 0.15) is 6.92 Å². The highest BCUT2D eigenvalue weighted by molar-refractivity contribution is 9.10. The van der Waals surface area contributed by atoms with Crippen LogP contribution in [0.15, 0.2) is 40.9 Å². The Morgan fingerprint density at radius 3 is 2.67 bits per heavy atom. The molecule has 2 aromatic rings. The summed E-state index contributed by atoms with van der Waals surface area (Å²) in [5.74, 6) is 0.238. The first kappa shape index (κ1) is 12.9. The minimum atomic E-state index is -0.632. The Bertz CT molecular complexity index is 580. The smallest absolute Gasteiger partial charge is 0.346 e. The maximum atomic E-state index is 11.3. The van der Waals surface area contributed by atoms with Gasteiger partial charge in [0, 0.05) is 0 Å². The summed E-state index contributed by atoms with van der Waals surface area (Å²) in [6, 6.07) is 11.8. The maximum absolute atomic E-state index is 11.3. The quantitative estimate of drug-likeness (QED) is 0.814. The Kier molecular flexibility index (Phi) is 3.87. The van der Waals surface area contributed by atoms with E-state index in [4.69, 9.17) is 4.74 Å². The summed E-state index contributed by atoms with van der Waals surface area (Å²) in [7, 11) is 1.34. The number of hydrogen-bond acceptors (Lipinski definition) is 3. The molecule has 0 bridgehead atoms. The van der Waals surface area contributed by atoms with Gasteiger partial charge in [0.25, 0.3) is 0 Å². The van der Waals surface area contributed by atoms with Crippen LogP contribution < -0.4 is 4.74 Å². The highest BCUT2D eigenvalue weighted by atomic mass is 79.9. The molecule has 0 saturated carbocycles. The molecule has 0 amide bonds. The molecule has 0 spiro atoms. The normalized spacial score (nSPS) is 12.2. The molecule has 18 heavy (non-hydrogen) atoms. The Hall–Kier alpha value is -1.55. The lowest BCUT2D eigenvalue weighted by atomic mass is 10.1. The molecule has 0 radical (unpaired) electrons. The van der Waals surface area contributed by atoms with Crippen molar-refractivity contribution in [3.8, 4) is 5.75 Å². The molecule has 0 heterocycles. The molecule has 0 aromatic heterocycles. The average molecular weight is 309 g/mol. The minimum Gasteiger partial charge on any atom is -0.478 e. The number of ether oxygens (including phenoxy) is 2. The number of carbonyl (C=O) groups is 1. The van der Waals surface area contributed by atoms with Crippen LogP contribution >= 0.6 is 15.9 Å². The van der Waals surface area contributed by atoms with Gasteiger partial charge in [-0.05, 0) is 39.7 Å². The standard InChI is InChI=1S/C14H13BrO3/c1-9(14(16)17-2)18-12-8-7-10-5-3-4-6-11(10)13(12)15/h3-9H,1-2H3. The van der Waals surface area contributed by atoms with Gasteiger partial charge in [-0.3, -0.25) is 0 Å². The number of hydrogen-bond donors (Lipinski definition) is 0. The fraction of sp³-hybridized carbons (Fsp3) is 0.214. The van der Waals surface area contributed by atoms with Crippen molar-refractivity contribution in [3.05, 3.63) is 40.9 Å². The van der Waals surface area contributed by atoms with Crippen LogP contribution in [0.5, 0.6) is 5.75 Å². The molecular weight excluding hydrogens is 296 g/mol. The third-order valence-electron chi connectivity index (χ3n) is 2.66. The molecule has 0 aliphatic heterocycles. The van der Waals surface area contributed by atoms with Crippen molar-refractivity contribution in [2.45, 2.75) is 13.0 Å². The van der Waals surface area contributed by atoms with E-state index in [1.807, 2.05) is 36.4 Å². The fourth-order valence-corrected chi connectivity index (χ4v) is 2.30. The zero-order chi connectivity index (χ0) is 13.1. The Morgan fingerprint density at radius 2 is 1.94 bits per heavy atom. The number of methoxy groups -OCH3 is 1. The second-order valence-corrected chi connectivity index (χ2v) is 4.68. The zero-order valence-electron chi connectivity index (χ0n) is 10.1. The van der Waals surface area contributed by atoms with Gasteiger partial charge in [0.1, 0.15) is 5.75 Å². The lowest BCUT2D eigenvalue weighted by Gasteiger charge is -2.14. The van der Waals surface area contributed by atoms with E-state index in [-0.39, 0.29) is 0 Å². The molecule has 2 aromatic carbocycles. The number of rotatable bonds is 3. The van der Waals surface area contributed by atoms with E-state index in [9.17, 15) is 4.79 Å². The summed E-state index contributed by atoms with van der Waals surface area (Å²) in [6.07, 6.45) is -0.632. The van der Waals surface area contributed by atoms with Gasteiger partial charge in [-0.1, -0.05) is 30.3 Å². The fourth-order valence-electron chi connectivity index (χ4n) is 1.71. The van der Waals surface area contributed by atoms with Gasteiger partial charge in [-0.2, -0.15) is 0 Å². The Balaban J connectivity index is 2.35. The summed E-state index contributed by atoms with van der Waals surface area (Å²) in [6.45, 7) is 1.66. The highest BCUT2D eigenvalue weighted by Gasteiger charge is 2.16. The third kappa shape index (κ3) is 2.48. The summed E-state index contributed by atoms with van der Waals surface area (Å²) < 4.78 is 11.1. The third-order valence-corrected chi connectivity index (χ3v) is 3.48. The Morgan fingerprint density at radius 1 is 1.22 bits per heavy atom. The molecule has 1 unspecified atom stereocenters. The maximum Gasteiger partial charge on any atom is 0.346 e. The van der Waals surface area contributed by atoms with Gasteiger partial charge in [0.15, 0.2) is 6.10 Å². The van der Waals surface area contributed by atoms with Gasteiger partial charge in [0.2, 0.25) is 0 Å². The van der Waals surface area contributed by atoms with E-state index >= 15 is 0 Å². The van der Waals surface area contributed by atoms with Crippen molar-refractivity contribution in [2.24, 2.45) is 0 Å². The van der Waals surface area contributed by atoms with Gasteiger partial charge in [0.05, 0.1) is 11.6 Å². The number of halogens is 1. The van der Waals surface area contributed by atoms with Crippen LogP contribution in [0.4, 0.5) is 0 Å². The first-order valence-electron chi connectivity index (χ1n) is 5.55. The van der Waals surface area contributed by atoms with E-state index in [1.54, 1.807) is 6.92 Å². The summed E-state index contributed by atoms with van der Waals surface area (Å²) >= 11 is 3.50. The topological polar surface area (TPSA) is 35.5 Å². The first-order valence-corrected chi connectivity index (χ1v) is 6.34. The molecule has 0 saturated heterocycles. The monoisotopic (exact) mass is 308 g/mol. The molecule has 3 nitrogen and oxygen atoms in total. The van der Waals surface area contributed by atoms with Crippen molar-refractivity contribution in [1.29, 1.82) is 0 Å². The predicted molar refractivity (Wildman–Crippen MR) is 73.8 cm³/mol. The zero-order valence-corrected chi connectivity index (χ0v) is 11.7. The molecular formula is C14H13BrO3. The van der Waals surface area contributed by atoms with E-state index in [1.165, 1.54) is 7.11 Å². The second kappa shape index (κ2) is 5.40. The predicted octanol–water partition coefficient (Wildman–Crippen LogP) is 3.54. The van der Waals surface area contributed by atoms with Crippen LogP contribution in [0.3, 0.4) is 0 Å². The van der Waals surface area contributed by atoms with E-state index in [2.05, 4.69) is 20.7 Å². The largest absolute Gasteiger partial charge is 0.478 e. The van der Waals surface area contributed by atoms with Gasteiger partial charge in [-0.25, -0.2) is 4.79 Å². The van der Waals surface area contributed by atoms with E-state index in [0.29, 0.717) is 5.75 Å². The molecule has 2 rings (SSSR count). The SMILES string of the molecule is COC(=O)C(C)Oc1ccc2ccccc2c1Br. The van der Waals surface area contributed by atoms with Crippen LogP contribution in [0, 0.1) is 0 Å². The van der Waals surface area contributed by atoms with Crippen molar-refractivity contribution in [2.75, 3.05) is 7.11 Å². The first-order chi connectivity index (χ1) is 8.63. The van der Waals surface area contributed by atoms with Crippen LogP contribution in [0.25, 0.3) is 10.8 Å². The van der Waals surface area contributed by atoms with Crippen molar-refractivity contribution in [1.82, 2.24) is 0 Å². The van der Waals surface area contributed by atoms with Gasteiger partial charge < -0.3 is 9.47 Å². The Labute approximate surface area is 114 Å². The minimum absolute atomic E-state index is 0.393. The number of esters is 1. The summed E-state index contributed by atoms with van der Waals surface area (Å²) in [5.41, 5.74) is 0. The lowest BCUT2D eigenvalue weighted by Crippen LogP contribution is -2.25. The lowest BCUT2D eigenvalue weighted by molar-refractivity contribution is -0.147. The summed E-state index contributed by atoms with van der Waals surface area (Å²) in [4.78, 5) is 11.3. The molecule has 94 valence electrons. The van der Waals surface area contributed by atoms with Crippen molar-refractivity contribution in [3.63, 3.8) is 0 Å². The van der Waals surface area contributed by atoms with E-state index in [0.717, 1.165) is 15.2 Å². The van der Waals surface area contributed by atoms with Crippen molar-refractivity contribution < 1.29 is 14.3 Å². The summed E-state index contributed by atoms with van der Waals surface area (Å²) in [5, 5.41) is 2.16. The van der Waals surface area contributed by atoms with Crippen molar-refractivity contribution >= 4 is 32.7 Å². The van der Waals surface area contributed by atoms with Gasteiger partial charge >= 0.3 is 5.97 Å². The molecule has 1 atom stereocenters. The molecule has 0 aliphatic rings. The molecule has 4 heteroatoms. The van der Waals surface area contributed by atoms with Crippen LogP contribution in [0.2, 0.25) is 0 Å². The number of carbonyl (C=O) groups excluding carboxylic acids is 1. The molecule has 0 aliphatic carbocycles. The number of fused-ring (bicyclic) bond motifs is 1. The molecule has 0 N–H and O–H groups in total. The molecule has 0 fully saturated rings. The number of benzene rings is 2. The van der Waals surface area contributed by atoms with Gasteiger partial charge in [-0.15, -0.1) is 0 Å². The van der Waals surface area contributed by atoms with E-state index < -0.39 is 12.1 Å². The van der Waals surface area contributed by atoms with Crippen LogP contribution in [-0.4, -0.2) is 19.2 Å². The van der Waals surface area contributed by atoms with Crippen LogP contribution in [-0.2, 0) is 9.53 Å².